The number of hydrogen-bond acceptors (Lipinski definition) is 2. The summed E-state index contributed by atoms with van der Waals surface area (Å²) in [6.45, 7) is 1.30. The maximum absolute atomic E-state index is 12.0. The van der Waals surface area contributed by atoms with Gasteiger partial charge in [0.05, 0.1) is 7.11 Å². The molecule has 126 valence electrons. The van der Waals surface area contributed by atoms with Gasteiger partial charge in [0, 0.05) is 18.5 Å². The molecule has 0 aliphatic heterocycles. The quantitative estimate of drug-likeness (QED) is 0.821. The Labute approximate surface area is 143 Å². The monoisotopic (exact) mass is 324 g/mol. The Kier molecular flexibility index (Phi) is 5.04. The number of carbonyl (C=O) groups excluding carboxylic acids is 1. The number of ether oxygens (including phenoxy) is 1. The van der Waals surface area contributed by atoms with Gasteiger partial charge < -0.3 is 15.4 Å². The largest absolute Gasteiger partial charge is 0.497 e. The lowest BCUT2D eigenvalue weighted by Crippen LogP contribution is -2.40. The van der Waals surface area contributed by atoms with Gasteiger partial charge in [0.2, 0.25) is 0 Å². The highest BCUT2D eigenvalue weighted by molar-refractivity contribution is 5.74. The number of benzene rings is 2. The molecule has 2 aromatic rings. The fraction of sp³-hybridized carbons (Fsp3) is 0.350. The van der Waals surface area contributed by atoms with Crippen molar-refractivity contribution < 1.29 is 9.53 Å². The van der Waals surface area contributed by atoms with Gasteiger partial charge in [-0.05, 0) is 42.5 Å². The molecular formula is C20H24N2O2. The fourth-order valence-electron chi connectivity index (χ4n) is 2.97. The van der Waals surface area contributed by atoms with Crippen molar-refractivity contribution >= 4 is 6.03 Å². The Morgan fingerprint density at radius 3 is 2.58 bits per heavy atom. The van der Waals surface area contributed by atoms with E-state index in [0.29, 0.717) is 13.1 Å². The molecule has 0 heterocycles. The van der Waals surface area contributed by atoms with Crippen LogP contribution < -0.4 is 15.4 Å². The van der Waals surface area contributed by atoms with Crippen LogP contribution in [-0.4, -0.2) is 26.2 Å². The van der Waals surface area contributed by atoms with Crippen molar-refractivity contribution in [2.24, 2.45) is 0 Å². The minimum Gasteiger partial charge on any atom is -0.497 e. The fourth-order valence-corrected chi connectivity index (χ4v) is 2.97. The Hall–Kier alpha value is -2.49. The summed E-state index contributed by atoms with van der Waals surface area (Å²) in [5.41, 5.74) is 2.62. The smallest absolute Gasteiger partial charge is 0.314 e. The van der Waals surface area contributed by atoms with Gasteiger partial charge in [-0.3, -0.25) is 0 Å². The number of carbonyl (C=O) groups is 1. The van der Waals surface area contributed by atoms with Crippen LogP contribution in [0.15, 0.2) is 54.6 Å². The molecule has 0 atom stereocenters. The molecule has 0 saturated heterocycles. The van der Waals surface area contributed by atoms with Crippen LogP contribution in [0.3, 0.4) is 0 Å². The molecule has 2 aromatic carbocycles. The first-order valence-corrected chi connectivity index (χ1v) is 8.42. The highest BCUT2D eigenvalue weighted by Crippen LogP contribution is 2.47. The van der Waals surface area contributed by atoms with Gasteiger partial charge in [-0.25, -0.2) is 4.79 Å². The third-order valence-corrected chi connectivity index (χ3v) is 4.66. The molecule has 1 saturated carbocycles. The Balaban J connectivity index is 1.42. The molecule has 0 aromatic heterocycles. The molecule has 24 heavy (non-hydrogen) atoms. The number of urea groups is 1. The summed E-state index contributed by atoms with van der Waals surface area (Å²) < 4.78 is 5.21. The predicted molar refractivity (Wildman–Crippen MR) is 95.5 cm³/mol. The third kappa shape index (κ3) is 4.07. The van der Waals surface area contributed by atoms with E-state index < -0.39 is 0 Å². The summed E-state index contributed by atoms with van der Waals surface area (Å²) in [6, 6.07) is 18.3. The molecule has 1 aliphatic rings. The minimum absolute atomic E-state index is 0.0971. The SMILES string of the molecule is COc1cccc(CCNC(=O)NCC2(c3ccccc3)CC2)c1. The molecule has 2 amide bonds. The lowest BCUT2D eigenvalue weighted by Gasteiger charge is -2.17. The first-order chi connectivity index (χ1) is 11.7. The van der Waals surface area contributed by atoms with Crippen LogP contribution >= 0.6 is 0 Å². The highest BCUT2D eigenvalue weighted by Gasteiger charge is 2.44. The predicted octanol–water partition coefficient (Wildman–Crippen LogP) is 3.27. The van der Waals surface area contributed by atoms with E-state index in [1.54, 1.807) is 7.11 Å². The summed E-state index contributed by atoms with van der Waals surface area (Å²) in [6.07, 6.45) is 3.07. The van der Waals surface area contributed by atoms with Gasteiger partial charge in [-0.2, -0.15) is 0 Å². The van der Waals surface area contributed by atoms with Crippen molar-refractivity contribution in [2.45, 2.75) is 24.7 Å². The zero-order chi connectivity index (χ0) is 16.8. The average Bonchev–Trinajstić information content (AvgIpc) is 3.42. The normalized spacial score (nSPS) is 14.7. The first-order valence-electron chi connectivity index (χ1n) is 8.42. The molecule has 0 bridgehead atoms. The van der Waals surface area contributed by atoms with E-state index >= 15 is 0 Å². The number of hydrogen-bond donors (Lipinski definition) is 2. The maximum atomic E-state index is 12.0. The first kappa shape index (κ1) is 16.4. The van der Waals surface area contributed by atoms with E-state index in [4.69, 9.17) is 4.74 Å². The average molecular weight is 324 g/mol. The van der Waals surface area contributed by atoms with Gasteiger partial charge in [0.1, 0.15) is 5.75 Å². The van der Waals surface area contributed by atoms with Gasteiger partial charge in [0.15, 0.2) is 0 Å². The molecule has 4 heteroatoms. The van der Waals surface area contributed by atoms with Crippen LogP contribution in [0.5, 0.6) is 5.75 Å². The lowest BCUT2D eigenvalue weighted by molar-refractivity contribution is 0.240. The van der Waals surface area contributed by atoms with E-state index in [1.807, 2.05) is 30.3 Å². The topological polar surface area (TPSA) is 50.4 Å². The number of amides is 2. The molecule has 3 rings (SSSR count). The van der Waals surface area contributed by atoms with Crippen LogP contribution in [0.1, 0.15) is 24.0 Å². The van der Waals surface area contributed by atoms with Gasteiger partial charge >= 0.3 is 6.03 Å². The molecule has 0 radical (unpaired) electrons. The number of rotatable bonds is 7. The van der Waals surface area contributed by atoms with E-state index in [-0.39, 0.29) is 11.4 Å². The summed E-state index contributed by atoms with van der Waals surface area (Å²) in [7, 11) is 1.66. The molecule has 1 aliphatic carbocycles. The number of nitrogens with one attached hydrogen (secondary N) is 2. The van der Waals surface area contributed by atoms with Gasteiger partial charge in [-0.15, -0.1) is 0 Å². The lowest BCUT2D eigenvalue weighted by atomic mass is 9.96. The van der Waals surface area contributed by atoms with Gasteiger partial charge in [0.25, 0.3) is 0 Å². The zero-order valence-electron chi connectivity index (χ0n) is 14.0. The molecular weight excluding hydrogens is 300 g/mol. The minimum atomic E-state index is -0.0971. The van der Waals surface area contributed by atoms with Crippen LogP contribution in [0.25, 0.3) is 0 Å². The zero-order valence-corrected chi connectivity index (χ0v) is 14.0. The Morgan fingerprint density at radius 1 is 1.08 bits per heavy atom. The summed E-state index contributed by atoms with van der Waals surface area (Å²) in [4.78, 5) is 12.0. The van der Waals surface area contributed by atoms with Gasteiger partial charge in [-0.1, -0.05) is 42.5 Å². The third-order valence-electron chi connectivity index (χ3n) is 4.66. The second-order valence-electron chi connectivity index (χ2n) is 6.36. The van der Waals surface area contributed by atoms with Crippen LogP contribution in [0.4, 0.5) is 4.79 Å². The summed E-state index contributed by atoms with van der Waals surface area (Å²) in [5, 5.41) is 5.95. The second-order valence-corrected chi connectivity index (χ2v) is 6.36. The maximum Gasteiger partial charge on any atom is 0.314 e. The van der Waals surface area contributed by atoms with Crippen molar-refractivity contribution in [3.05, 3.63) is 65.7 Å². The van der Waals surface area contributed by atoms with E-state index in [1.165, 1.54) is 5.56 Å². The van der Waals surface area contributed by atoms with E-state index in [9.17, 15) is 4.79 Å². The van der Waals surface area contributed by atoms with E-state index in [0.717, 1.165) is 30.6 Å². The highest BCUT2D eigenvalue weighted by atomic mass is 16.5. The Morgan fingerprint density at radius 2 is 1.88 bits per heavy atom. The number of methoxy groups -OCH3 is 1. The van der Waals surface area contributed by atoms with E-state index in [2.05, 4.69) is 34.9 Å². The van der Waals surface area contributed by atoms with Crippen molar-refractivity contribution in [3.8, 4) is 5.75 Å². The molecule has 4 nitrogen and oxygen atoms in total. The Bertz CT molecular complexity index is 681. The van der Waals surface area contributed by atoms with Crippen molar-refractivity contribution in [3.63, 3.8) is 0 Å². The van der Waals surface area contributed by atoms with Crippen molar-refractivity contribution in [1.29, 1.82) is 0 Å². The van der Waals surface area contributed by atoms with Crippen LogP contribution in [0, 0.1) is 0 Å². The van der Waals surface area contributed by atoms with Crippen LogP contribution in [0.2, 0.25) is 0 Å². The molecule has 2 N–H and O–H groups in total. The van der Waals surface area contributed by atoms with Crippen molar-refractivity contribution in [1.82, 2.24) is 10.6 Å². The molecule has 0 unspecified atom stereocenters. The summed E-state index contributed by atoms with van der Waals surface area (Å²) in [5.74, 6) is 0.843. The standard InChI is InChI=1S/C20H24N2O2/c1-24-18-9-5-6-16(14-18)10-13-21-19(23)22-15-20(11-12-20)17-7-3-2-4-8-17/h2-9,14H,10-13,15H2,1H3,(H2,21,22,23). The molecule has 0 spiro atoms. The second kappa shape index (κ2) is 7.39. The summed E-state index contributed by atoms with van der Waals surface area (Å²) >= 11 is 0. The van der Waals surface area contributed by atoms with Crippen LogP contribution in [-0.2, 0) is 11.8 Å². The molecule has 1 fully saturated rings. The van der Waals surface area contributed by atoms with Crippen molar-refractivity contribution in [2.75, 3.05) is 20.2 Å².